The Hall–Kier alpha value is -0.150. The normalized spacial score (nSPS) is 10.2. The van der Waals surface area contributed by atoms with Gasteiger partial charge in [0.2, 0.25) is 0 Å². The minimum Gasteiger partial charge on any atom is -0.495 e. The Morgan fingerprint density at radius 3 is 2.47 bits per heavy atom. The minimum atomic E-state index is 0. The van der Waals surface area contributed by atoms with Gasteiger partial charge in [-0.25, -0.2) is 0 Å². The van der Waals surface area contributed by atoms with Gasteiger partial charge in [0, 0.05) is 17.1 Å². The molecule has 0 unspecified atom stereocenters. The maximum Gasteiger partial charge on any atom is 0.142 e. The molecule has 0 spiro atoms. The fraction of sp³-hybridized carbons (Fsp3) is 0.500. The van der Waals surface area contributed by atoms with Gasteiger partial charge in [-0.05, 0) is 24.6 Å². The van der Waals surface area contributed by atoms with Crippen molar-refractivity contribution in [2.75, 3.05) is 13.7 Å². The summed E-state index contributed by atoms with van der Waals surface area (Å²) in [5.41, 5.74) is 0.987. The molecule has 0 aliphatic heterocycles. The summed E-state index contributed by atoms with van der Waals surface area (Å²) in [5.74, 6) is 1.31. The third-order valence-corrected chi connectivity index (χ3v) is 2.66. The van der Waals surface area contributed by atoms with Gasteiger partial charge in [0.1, 0.15) is 5.75 Å². The van der Waals surface area contributed by atoms with E-state index in [9.17, 15) is 0 Å². The van der Waals surface area contributed by atoms with E-state index >= 15 is 0 Å². The molecular weight excluding hydrogens is 280 g/mol. The van der Waals surface area contributed by atoms with Gasteiger partial charge < -0.3 is 10.1 Å². The molecule has 1 rings (SSSR count). The highest BCUT2D eigenvalue weighted by atomic mass is 35.5. The molecule has 0 aromatic heterocycles. The summed E-state index contributed by atoms with van der Waals surface area (Å²) in [7, 11) is 1.61. The Balaban J connectivity index is 0.00000256. The average molecular weight is 299 g/mol. The molecule has 0 aliphatic carbocycles. The van der Waals surface area contributed by atoms with Crippen molar-refractivity contribution in [2.24, 2.45) is 5.92 Å². The first-order valence-electron chi connectivity index (χ1n) is 5.27. The SMILES string of the molecule is COc1c(Cl)cc(Cl)cc1CNCC(C)C.Cl. The van der Waals surface area contributed by atoms with E-state index in [0.29, 0.717) is 28.3 Å². The molecule has 0 bridgehead atoms. The molecule has 0 fully saturated rings. The number of hydrogen-bond acceptors (Lipinski definition) is 2. The standard InChI is InChI=1S/C12H17Cl2NO.ClH/c1-8(2)6-15-7-9-4-10(13)5-11(14)12(9)16-3;/h4-5,8,15H,6-7H2,1-3H3;1H. The third kappa shape index (κ3) is 5.35. The topological polar surface area (TPSA) is 21.3 Å². The summed E-state index contributed by atoms with van der Waals surface area (Å²) in [6, 6.07) is 3.56. The van der Waals surface area contributed by atoms with Gasteiger partial charge in [-0.15, -0.1) is 12.4 Å². The van der Waals surface area contributed by atoms with E-state index in [-0.39, 0.29) is 12.4 Å². The maximum atomic E-state index is 6.04. The quantitative estimate of drug-likeness (QED) is 0.881. The van der Waals surface area contributed by atoms with Crippen LogP contribution in [-0.4, -0.2) is 13.7 Å². The van der Waals surface area contributed by atoms with E-state index in [2.05, 4.69) is 19.2 Å². The van der Waals surface area contributed by atoms with Crippen molar-refractivity contribution >= 4 is 35.6 Å². The Bertz CT molecular complexity index is 356. The van der Waals surface area contributed by atoms with Crippen molar-refractivity contribution < 1.29 is 4.74 Å². The fourth-order valence-corrected chi connectivity index (χ4v) is 2.08. The Morgan fingerprint density at radius 2 is 1.94 bits per heavy atom. The van der Waals surface area contributed by atoms with Crippen LogP contribution in [0.5, 0.6) is 5.75 Å². The Labute approximate surface area is 119 Å². The highest BCUT2D eigenvalue weighted by Crippen LogP contribution is 2.31. The molecule has 0 saturated heterocycles. The van der Waals surface area contributed by atoms with Crippen LogP contribution in [0.25, 0.3) is 0 Å². The van der Waals surface area contributed by atoms with E-state index in [0.717, 1.165) is 12.1 Å². The van der Waals surface area contributed by atoms with E-state index in [1.165, 1.54) is 0 Å². The number of rotatable bonds is 5. The number of nitrogens with one attached hydrogen (secondary N) is 1. The summed E-state index contributed by atoms with van der Waals surface area (Å²) >= 11 is 12.0. The average Bonchev–Trinajstić information content (AvgIpc) is 2.16. The Kier molecular flexibility index (Phi) is 7.97. The first-order chi connectivity index (χ1) is 7.54. The van der Waals surface area contributed by atoms with E-state index < -0.39 is 0 Å². The predicted molar refractivity (Wildman–Crippen MR) is 76.8 cm³/mol. The van der Waals surface area contributed by atoms with Crippen molar-refractivity contribution in [2.45, 2.75) is 20.4 Å². The fourth-order valence-electron chi connectivity index (χ4n) is 1.47. The number of hydrogen-bond donors (Lipinski definition) is 1. The molecule has 98 valence electrons. The van der Waals surface area contributed by atoms with Gasteiger partial charge in [0.15, 0.2) is 0 Å². The first-order valence-corrected chi connectivity index (χ1v) is 6.02. The molecule has 2 nitrogen and oxygen atoms in total. The molecule has 1 aromatic rings. The van der Waals surface area contributed by atoms with Crippen LogP contribution in [0.4, 0.5) is 0 Å². The molecule has 17 heavy (non-hydrogen) atoms. The second-order valence-corrected chi connectivity index (χ2v) is 4.95. The minimum absolute atomic E-state index is 0. The molecule has 0 radical (unpaired) electrons. The third-order valence-electron chi connectivity index (χ3n) is 2.16. The van der Waals surface area contributed by atoms with E-state index in [4.69, 9.17) is 27.9 Å². The monoisotopic (exact) mass is 297 g/mol. The van der Waals surface area contributed by atoms with Crippen LogP contribution >= 0.6 is 35.6 Å². The summed E-state index contributed by atoms with van der Waals surface area (Å²) in [4.78, 5) is 0. The lowest BCUT2D eigenvalue weighted by molar-refractivity contribution is 0.407. The van der Waals surface area contributed by atoms with Crippen LogP contribution in [0.1, 0.15) is 19.4 Å². The highest BCUT2D eigenvalue weighted by molar-refractivity contribution is 6.35. The lowest BCUT2D eigenvalue weighted by Crippen LogP contribution is -2.19. The smallest absolute Gasteiger partial charge is 0.142 e. The highest BCUT2D eigenvalue weighted by Gasteiger charge is 2.09. The van der Waals surface area contributed by atoms with Crippen molar-refractivity contribution in [3.63, 3.8) is 0 Å². The van der Waals surface area contributed by atoms with Gasteiger partial charge in [-0.3, -0.25) is 0 Å². The number of methoxy groups -OCH3 is 1. The molecule has 1 N–H and O–H groups in total. The zero-order valence-corrected chi connectivity index (χ0v) is 12.5. The molecule has 0 amide bonds. The van der Waals surface area contributed by atoms with Crippen molar-refractivity contribution in [3.8, 4) is 5.75 Å². The van der Waals surface area contributed by atoms with Crippen LogP contribution in [0, 0.1) is 5.92 Å². The van der Waals surface area contributed by atoms with Gasteiger partial charge >= 0.3 is 0 Å². The maximum absolute atomic E-state index is 6.04. The zero-order valence-electron chi connectivity index (χ0n) is 10.2. The van der Waals surface area contributed by atoms with Crippen LogP contribution in [0.2, 0.25) is 10.0 Å². The van der Waals surface area contributed by atoms with Crippen molar-refractivity contribution in [1.82, 2.24) is 5.32 Å². The summed E-state index contributed by atoms with van der Waals surface area (Å²) in [6.07, 6.45) is 0. The molecule has 0 heterocycles. The molecule has 5 heteroatoms. The summed E-state index contributed by atoms with van der Waals surface area (Å²) in [6.45, 7) is 5.99. The molecule has 0 saturated carbocycles. The molecule has 0 aliphatic rings. The zero-order chi connectivity index (χ0) is 12.1. The second kappa shape index (κ2) is 8.04. The lowest BCUT2D eigenvalue weighted by Gasteiger charge is -2.12. The van der Waals surface area contributed by atoms with Gasteiger partial charge in [0.25, 0.3) is 0 Å². The molecule has 1 aromatic carbocycles. The van der Waals surface area contributed by atoms with Crippen LogP contribution in [0.15, 0.2) is 12.1 Å². The summed E-state index contributed by atoms with van der Waals surface area (Å²) in [5, 5.41) is 4.52. The van der Waals surface area contributed by atoms with Gasteiger partial charge in [-0.2, -0.15) is 0 Å². The number of benzene rings is 1. The second-order valence-electron chi connectivity index (χ2n) is 4.10. The van der Waals surface area contributed by atoms with Crippen LogP contribution in [-0.2, 0) is 6.54 Å². The number of ether oxygens (including phenoxy) is 1. The summed E-state index contributed by atoms with van der Waals surface area (Å²) < 4.78 is 5.26. The number of halogens is 3. The van der Waals surface area contributed by atoms with Gasteiger partial charge in [-0.1, -0.05) is 37.0 Å². The van der Waals surface area contributed by atoms with Crippen molar-refractivity contribution in [1.29, 1.82) is 0 Å². The van der Waals surface area contributed by atoms with Crippen LogP contribution < -0.4 is 10.1 Å². The Morgan fingerprint density at radius 1 is 1.29 bits per heavy atom. The molecule has 0 atom stereocenters. The van der Waals surface area contributed by atoms with E-state index in [1.807, 2.05) is 6.07 Å². The van der Waals surface area contributed by atoms with Gasteiger partial charge in [0.05, 0.1) is 12.1 Å². The largest absolute Gasteiger partial charge is 0.495 e. The van der Waals surface area contributed by atoms with Crippen molar-refractivity contribution in [3.05, 3.63) is 27.7 Å². The van der Waals surface area contributed by atoms with E-state index in [1.54, 1.807) is 13.2 Å². The van der Waals surface area contributed by atoms with Crippen LogP contribution in [0.3, 0.4) is 0 Å². The first kappa shape index (κ1) is 16.9. The molecular formula is C12H18Cl3NO. The lowest BCUT2D eigenvalue weighted by atomic mass is 10.1. The predicted octanol–water partition coefficient (Wildman–Crippen LogP) is 4.17.